The molecule has 1 aliphatic carbocycles. The molecular weight excluding hydrogens is 613 g/mol. The summed E-state index contributed by atoms with van der Waals surface area (Å²) in [5, 5.41) is 29.9. The number of fused-ring (bicyclic) bond motifs is 1. The van der Waals surface area contributed by atoms with Crippen molar-refractivity contribution < 1.29 is 28.8 Å². The summed E-state index contributed by atoms with van der Waals surface area (Å²) in [6, 6.07) is 16.3. The maximum Gasteiger partial charge on any atom is 0.255 e. The van der Waals surface area contributed by atoms with Crippen molar-refractivity contribution in [2.45, 2.75) is 56.3 Å². The van der Waals surface area contributed by atoms with E-state index in [1.54, 1.807) is 65.8 Å². The number of carbonyl (C=O) groups is 2. The molecule has 0 bridgehead atoms. The van der Waals surface area contributed by atoms with E-state index < -0.39 is 34.8 Å². The molecule has 0 radical (unpaired) electrons. The van der Waals surface area contributed by atoms with E-state index in [4.69, 9.17) is 28.0 Å². The number of oxime groups is 1. The number of hydrogen-bond acceptors (Lipinski definition) is 7. The zero-order valence-electron chi connectivity index (χ0n) is 23.2. The van der Waals surface area contributed by atoms with Gasteiger partial charge in [0.25, 0.3) is 5.91 Å². The highest BCUT2D eigenvalue weighted by molar-refractivity contribution is 7.82. The molecule has 2 aliphatic rings. The normalized spacial score (nSPS) is 23.0. The van der Waals surface area contributed by atoms with Gasteiger partial charge in [0.1, 0.15) is 6.61 Å². The standard InChI is InChI=1S/C31H31Cl2N3O6S/c1-43(41)35-25-11-4-5-12-26(25)36-28(23-14-13-20(32)16-24(23)33)27(21-9-2-3-10-22(21)30(36)38)29(37)34-42-17-18-7-6-8-19(15-18)31(39)40/h2-3,6-10,13-16,25-28,35H,4-5,11-12,17H2,1H3,(H,34,37)(H,39,40)/p-2/t25-,26-,27+,28-,43?/m1/s1. The van der Waals surface area contributed by atoms with Crippen LogP contribution in [0.2, 0.25) is 10.0 Å². The van der Waals surface area contributed by atoms with Gasteiger partial charge >= 0.3 is 0 Å². The number of hydrogen-bond donors (Lipinski definition) is 1. The Labute approximate surface area is 262 Å². The van der Waals surface area contributed by atoms with Gasteiger partial charge in [-0.2, -0.15) is 0 Å². The number of halogens is 2. The lowest BCUT2D eigenvalue weighted by Gasteiger charge is -2.50. The first kappa shape index (κ1) is 31.0. The van der Waals surface area contributed by atoms with Gasteiger partial charge in [-0.25, -0.2) is 8.93 Å². The number of nitrogens with zero attached hydrogens (tertiary/aromatic N) is 2. The summed E-state index contributed by atoms with van der Waals surface area (Å²) in [5.74, 6) is -3.23. The Balaban J connectivity index is 1.60. The maximum absolute atomic E-state index is 14.3. The van der Waals surface area contributed by atoms with Gasteiger partial charge in [-0.3, -0.25) is 4.79 Å². The van der Waals surface area contributed by atoms with Crippen molar-refractivity contribution in [3.05, 3.63) is 105 Å². The molecule has 0 saturated heterocycles. The van der Waals surface area contributed by atoms with E-state index in [9.17, 15) is 24.0 Å². The van der Waals surface area contributed by atoms with Crippen LogP contribution in [0.4, 0.5) is 0 Å². The Morgan fingerprint density at radius 1 is 1.05 bits per heavy atom. The fourth-order valence-electron chi connectivity index (χ4n) is 6.06. The summed E-state index contributed by atoms with van der Waals surface area (Å²) >= 11 is 13.0. The van der Waals surface area contributed by atoms with Crippen LogP contribution in [0.5, 0.6) is 0 Å². The molecule has 3 aromatic carbocycles. The Hall–Kier alpha value is -3.44. The molecule has 9 nitrogen and oxygen atoms in total. The summed E-state index contributed by atoms with van der Waals surface area (Å²) in [4.78, 5) is 32.7. The highest BCUT2D eigenvalue weighted by atomic mass is 35.5. The SMILES string of the molecule is CS(=O)N[C@@H]1CCCC[C@H]1N1C(=O)c2ccccc2[C@H](/C([O-])=N\OCc2cccc(C(=O)[O-])c2)[C@H]1c1ccc(Cl)cc1Cl. The van der Waals surface area contributed by atoms with Gasteiger partial charge in [-0.05, 0) is 59.4 Å². The molecule has 0 spiro atoms. The van der Waals surface area contributed by atoms with Crippen molar-refractivity contribution >= 4 is 52.0 Å². The number of carboxylic acids is 1. The molecule has 1 heterocycles. The zero-order chi connectivity index (χ0) is 30.7. The predicted molar refractivity (Wildman–Crippen MR) is 161 cm³/mol. The molecule has 1 N–H and O–H groups in total. The van der Waals surface area contributed by atoms with E-state index in [-0.39, 0.29) is 35.2 Å². The molecule has 1 unspecified atom stereocenters. The number of benzene rings is 3. The topological polar surface area (TPSA) is 134 Å². The number of nitrogens with one attached hydrogen (secondary N) is 1. The fraction of sp³-hybridized carbons (Fsp3) is 0.323. The first-order chi connectivity index (χ1) is 20.7. The van der Waals surface area contributed by atoms with Crippen LogP contribution < -0.4 is 14.9 Å². The van der Waals surface area contributed by atoms with Gasteiger partial charge in [0.05, 0.1) is 23.0 Å². The minimum atomic E-state index is -1.33. The largest absolute Gasteiger partial charge is 0.859 e. The van der Waals surface area contributed by atoms with Gasteiger partial charge in [-0.1, -0.05) is 78.5 Å². The van der Waals surface area contributed by atoms with Crippen LogP contribution in [0.25, 0.3) is 0 Å². The van der Waals surface area contributed by atoms with Gasteiger partial charge in [0, 0.05) is 45.8 Å². The number of amides is 1. The fourth-order valence-corrected chi connectivity index (χ4v) is 7.29. The quantitative estimate of drug-likeness (QED) is 0.215. The monoisotopic (exact) mass is 641 g/mol. The van der Waals surface area contributed by atoms with Crippen LogP contribution in [0.1, 0.15) is 75.0 Å². The molecule has 0 aromatic heterocycles. The Morgan fingerprint density at radius 3 is 2.56 bits per heavy atom. The molecule has 1 aliphatic heterocycles. The number of carboxylic acid groups (broad SMARTS) is 1. The van der Waals surface area contributed by atoms with Crippen molar-refractivity contribution in [2.75, 3.05) is 6.26 Å². The highest BCUT2D eigenvalue weighted by Gasteiger charge is 2.47. The number of rotatable bonds is 9. The second kappa shape index (κ2) is 13.5. The van der Waals surface area contributed by atoms with E-state index >= 15 is 0 Å². The van der Waals surface area contributed by atoms with Crippen molar-refractivity contribution in [3.8, 4) is 0 Å². The number of aromatic carboxylic acids is 1. The van der Waals surface area contributed by atoms with Crippen LogP contribution in [-0.4, -0.2) is 45.2 Å². The van der Waals surface area contributed by atoms with Crippen LogP contribution in [0, 0.1) is 0 Å². The van der Waals surface area contributed by atoms with E-state index in [1.165, 1.54) is 12.1 Å². The van der Waals surface area contributed by atoms with Gasteiger partial charge in [-0.15, -0.1) is 5.16 Å². The summed E-state index contributed by atoms with van der Waals surface area (Å²) in [7, 11) is -1.33. The zero-order valence-corrected chi connectivity index (χ0v) is 25.5. The molecule has 1 saturated carbocycles. The lowest BCUT2D eigenvalue weighted by Crippen LogP contribution is -2.58. The Kier molecular flexibility index (Phi) is 9.71. The van der Waals surface area contributed by atoms with Crippen molar-refractivity contribution in [1.29, 1.82) is 0 Å². The smallest absolute Gasteiger partial charge is 0.255 e. The molecule has 12 heteroatoms. The van der Waals surface area contributed by atoms with E-state index in [0.29, 0.717) is 40.1 Å². The highest BCUT2D eigenvalue weighted by Crippen LogP contribution is 2.47. The van der Waals surface area contributed by atoms with Crippen LogP contribution in [-0.2, 0) is 22.4 Å². The molecule has 3 aromatic rings. The lowest BCUT2D eigenvalue weighted by atomic mass is 9.77. The van der Waals surface area contributed by atoms with Crippen LogP contribution in [0.3, 0.4) is 0 Å². The minimum absolute atomic E-state index is 0.0242. The number of carbonyl (C=O) groups excluding carboxylic acids is 2. The average Bonchev–Trinajstić information content (AvgIpc) is 2.97. The summed E-state index contributed by atoms with van der Waals surface area (Å²) in [6.07, 6.45) is 4.64. The Bertz CT molecular complexity index is 1580. The van der Waals surface area contributed by atoms with Crippen LogP contribution >= 0.6 is 23.2 Å². The minimum Gasteiger partial charge on any atom is -0.859 e. The third-order valence-corrected chi connectivity index (χ3v) is 9.07. The van der Waals surface area contributed by atoms with E-state index in [1.807, 2.05) is 0 Å². The maximum atomic E-state index is 14.3. The molecule has 1 amide bonds. The first-order valence-electron chi connectivity index (χ1n) is 13.8. The molecule has 1 fully saturated rings. The summed E-state index contributed by atoms with van der Waals surface area (Å²) in [6.45, 7) is -0.160. The van der Waals surface area contributed by atoms with Crippen LogP contribution in [0.15, 0.2) is 71.9 Å². The van der Waals surface area contributed by atoms with E-state index in [2.05, 4.69) is 9.88 Å². The molecular formula is C31H29Cl2N3O6S-2. The van der Waals surface area contributed by atoms with Gasteiger partial charge in [0.2, 0.25) is 0 Å². The van der Waals surface area contributed by atoms with Gasteiger partial charge in [0.15, 0.2) is 0 Å². The molecule has 226 valence electrons. The summed E-state index contributed by atoms with van der Waals surface area (Å²) < 4.78 is 15.4. The predicted octanol–water partition coefficient (Wildman–Crippen LogP) is 3.72. The van der Waals surface area contributed by atoms with Gasteiger partial charge < -0.3 is 24.7 Å². The third-order valence-electron chi connectivity index (χ3n) is 7.88. The average molecular weight is 643 g/mol. The van der Waals surface area contributed by atoms with Crippen molar-refractivity contribution in [1.82, 2.24) is 9.62 Å². The first-order valence-corrected chi connectivity index (χ1v) is 16.1. The second-order valence-electron chi connectivity index (χ2n) is 10.6. The van der Waals surface area contributed by atoms with Crippen molar-refractivity contribution in [3.63, 3.8) is 0 Å². The van der Waals surface area contributed by atoms with Crippen molar-refractivity contribution in [2.24, 2.45) is 5.16 Å². The van der Waals surface area contributed by atoms with E-state index in [0.717, 1.165) is 12.8 Å². The third kappa shape index (κ3) is 6.72. The Morgan fingerprint density at radius 2 is 1.81 bits per heavy atom. The lowest BCUT2D eigenvalue weighted by molar-refractivity contribution is -0.255. The molecule has 5 atom stereocenters. The molecule has 5 rings (SSSR count). The molecule has 43 heavy (non-hydrogen) atoms. The summed E-state index contributed by atoms with van der Waals surface area (Å²) in [5.41, 5.74) is 1.83. The second-order valence-corrected chi connectivity index (χ2v) is 12.6.